The summed E-state index contributed by atoms with van der Waals surface area (Å²) in [5.74, 6) is -1.95. The molecule has 8 N–H and O–H groups in total. The van der Waals surface area contributed by atoms with Crippen LogP contribution in [-0.4, -0.2) is 131 Å². The molecule has 3 aromatic carbocycles. The number of nitrogens with one attached hydrogen (secondary N) is 3. The number of nitrogens with two attached hydrogens (primary N) is 2. The van der Waals surface area contributed by atoms with Gasteiger partial charge in [0.25, 0.3) is 5.91 Å². The molecule has 0 aliphatic carbocycles. The van der Waals surface area contributed by atoms with Gasteiger partial charge in [0.1, 0.15) is 17.9 Å². The maximum absolute atomic E-state index is 14.6. The second-order valence-corrected chi connectivity index (χ2v) is 19.5. The number of guanidine groups is 1. The molecule has 0 spiro atoms. The third-order valence-corrected chi connectivity index (χ3v) is 13.6. The molecule has 3 fully saturated rings. The molecule has 0 saturated carbocycles. The molecule has 3 aliphatic heterocycles. The zero-order valence-electron chi connectivity index (χ0n) is 38.1. The van der Waals surface area contributed by atoms with E-state index in [1.54, 1.807) is 11.3 Å². The Hall–Kier alpha value is -5.95. The number of aromatic nitrogens is 1. The van der Waals surface area contributed by atoms with Crippen LogP contribution in [0.4, 0.5) is 21.5 Å². The molecular weight excluding hydrogens is 862 g/mol. The number of hydrogen-bond acceptors (Lipinski definition) is 11. The molecule has 4 amide bonds. The van der Waals surface area contributed by atoms with Gasteiger partial charge in [-0.25, -0.2) is 14.4 Å². The van der Waals surface area contributed by atoms with Crippen molar-refractivity contribution < 1.29 is 28.7 Å². The lowest BCUT2D eigenvalue weighted by atomic mass is 9.85. The number of hydrogen-bond donors (Lipinski definition) is 6. The first kappa shape index (κ1) is 48.0. The van der Waals surface area contributed by atoms with E-state index in [0.29, 0.717) is 11.6 Å². The normalized spacial score (nSPS) is 19.0. The van der Waals surface area contributed by atoms with Crippen molar-refractivity contribution in [2.45, 2.75) is 71.7 Å². The standard InChI is InChI=1S/C48H62FN11O5S/c1-30-42(66-29-53-30)33-7-5-31(6-8-33)25-52-45(64)40-24-37(61)27-60(40)46(65)43(48(2,3)4)56-41(62)28-57-17-15-32(16-18-57)26-58-19-21-59(22-20-58)36-12-9-34(10-13-36)54-44(63)38-14-11-35(23-39(38)49)55-47(50)51/h5-14,23,29,32,37,40,43,61H,15-22,24-28H2,1-4H3,(H,52,64)(H,54,63)(H,56,62)(H4,50,51,55)/t37-,40+,43-/m1/s1. The van der Waals surface area contributed by atoms with Crippen LogP contribution in [0.25, 0.3) is 10.4 Å². The topological polar surface area (TPSA) is 215 Å². The number of aryl methyl sites for hydroxylation is 1. The highest BCUT2D eigenvalue weighted by atomic mass is 32.1. The van der Waals surface area contributed by atoms with Crippen LogP contribution in [0.5, 0.6) is 0 Å². The highest BCUT2D eigenvalue weighted by molar-refractivity contribution is 7.13. The predicted molar refractivity (Wildman–Crippen MR) is 256 cm³/mol. The number of nitrogens with zero attached hydrogens (tertiary/aromatic N) is 6. The van der Waals surface area contributed by atoms with Gasteiger partial charge in [-0.15, -0.1) is 11.3 Å². The van der Waals surface area contributed by atoms with Gasteiger partial charge in [0.2, 0.25) is 17.7 Å². The molecule has 1 aromatic heterocycles. The fourth-order valence-electron chi connectivity index (χ4n) is 8.93. The lowest BCUT2D eigenvalue weighted by molar-refractivity contribution is -0.144. The van der Waals surface area contributed by atoms with Gasteiger partial charge in [-0.2, -0.15) is 0 Å². The number of piperazine rings is 1. The molecule has 7 rings (SSSR count). The van der Waals surface area contributed by atoms with Crippen LogP contribution in [0.2, 0.25) is 0 Å². The molecule has 18 heteroatoms. The second kappa shape index (κ2) is 21.1. The molecule has 3 atom stereocenters. The van der Waals surface area contributed by atoms with Crippen LogP contribution in [0.3, 0.4) is 0 Å². The Morgan fingerprint density at radius 1 is 0.939 bits per heavy atom. The Labute approximate surface area is 389 Å². The van der Waals surface area contributed by atoms with Gasteiger partial charge in [-0.1, -0.05) is 45.0 Å². The molecule has 4 aromatic rings. The van der Waals surface area contributed by atoms with E-state index in [4.69, 9.17) is 11.5 Å². The van der Waals surface area contributed by atoms with Crippen LogP contribution in [0, 0.1) is 24.1 Å². The van der Waals surface area contributed by atoms with E-state index in [9.17, 15) is 28.7 Å². The van der Waals surface area contributed by atoms with E-state index in [1.807, 2.05) is 81.7 Å². The molecule has 352 valence electrons. The van der Waals surface area contributed by atoms with Crippen LogP contribution in [0.15, 0.2) is 77.2 Å². The summed E-state index contributed by atoms with van der Waals surface area (Å²) in [6.45, 7) is 14.2. The number of amides is 4. The molecule has 0 radical (unpaired) electrons. The van der Waals surface area contributed by atoms with Crippen molar-refractivity contribution in [2.75, 3.05) is 69.1 Å². The van der Waals surface area contributed by atoms with Crippen molar-refractivity contribution in [2.24, 2.45) is 27.8 Å². The van der Waals surface area contributed by atoms with Gasteiger partial charge in [-0.3, -0.25) is 29.0 Å². The minimum absolute atomic E-state index is 0.0186. The number of rotatable bonds is 14. The maximum atomic E-state index is 14.6. The summed E-state index contributed by atoms with van der Waals surface area (Å²) < 4.78 is 14.6. The number of carbonyl (C=O) groups is 4. The fourth-order valence-corrected chi connectivity index (χ4v) is 9.74. The van der Waals surface area contributed by atoms with Crippen molar-refractivity contribution in [1.82, 2.24) is 30.3 Å². The van der Waals surface area contributed by atoms with Crippen molar-refractivity contribution in [3.63, 3.8) is 0 Å². The van der Waals surface area contributed by atoms with Crippen LogP contribution in [-0.2, 0) is 20.9 Å². The number of likely N-dealkylation sites (tertiary alicyclic amines) is 2. The summed E-state index contributed by atoms with van der Waals surface area (Å²) in [5.41, 5.74) is 16.5. The van der Waals surface area contributed by atoms with E-state index in [1.165, 1.54) is 17.0 Å². The predicted octanol–water partition coefficient (Wildman–Crippen LogP) is 4.06. The molecular formula is C48H62FN11O5S. The van der Waals surface area contributed by atoms with Crippen molar-refractivity contribution in [3.05, 3.63) is 94.9 Å². The lowest BCUT2D eigenvalue weighted by Gasteiger charge is -2.40. The van der Waals surface area contributed by atoms with Crippen LogP contribution in [0.1, 0.15) is 61.6 Å². The van der Waals surface area contributed by atoms with E-state index < -0.39 is 35.3 Å². The number of thiazole rings is 1. The zero-order valence-corrected chi connectivity index (χ0v) is 39.0. The quantitative estimate of drug-likeness (QED) is 0.0784. The van der Waals surface area contributed by atoms with E-state index in [-0.39, 0.29) is 61.0 Å². The number of β-amino-alcohol motifs (C(OH)–C–C–N with tert-alkyl or cyclic N) is 1. The highest BCUT2D eigenvalue weighted by Gasteiger charge is 2.44. The third kappa shape index (κ3) is 12.3. The number of halogens is 1. The SMILES string of the molecule is Cc1ncsc1-c1ccc(CNC(=O)[C@@H]2C[C@@H](O)CN2C(=O)[C@@H](NC(=O)CN2CCC(CN3CCN(c4ccc(NC(=O)c5ccc(N=C(N)N)cc5F)cc4)CC3)CC2)C(C)(C)C)cc1. The average Bonchev–Trinajstić information content (AvgIpc) is 3.90. The minimum atomic E-state index is -0.887. The van der Waals surface area contributed by atoms with Gasteiger partial charge in [0, 0.05) is 69.7 Å². The first-order valence-corrected chi connectivity index (χ1v) is 23.4. The number of carbonyl (C=O) groups excluding carboxylic acids is 4. The second-order valence-electron chi connectivity index (χ2n) is 18.7. The maximum Gasteiger partial charge on any atom is 0.258 e. The highest BCUT2D eigenvalue weighted by Crippen LogP contribution is 2.29. The Bertz CT molecular complexity index is 2370. The molecule has 0 unspecified atom stereocenters. The molecule has 3 saturated heterocycles. The summed E-state index contributed by atoms with van der Waals surface area (Å²) in [4.78, 5) is 71.6. The summed E-state index contributed by atoms with van der Waals surface area (Å²) >= 11 is 1.58. The van der Waals surface area contributed by atoms with Crippen molar-refractivity contribution in [1.29, 1.82) is 0 Å². The summed E-state index contributed by atoms with van der Waals surface area (Å²) in [7, 11) is 0. The number of anilines is 2. The van der Waals surface area contributed by atoms with Gasteiger partial charge in [0.15, 0.2) is 5.96 Å². The van der Waals surface area contributed by atoms with Gasteiger partial charge < -0.3 is 42.3 Å². The fraction of sp³-hybridized carbons (Fsp3) is 0.458. The number of benzene rings is 3. The molecule has 3 aliphatic rings. The summed E-state index contributed by atoms with van der Waals surface area (Å²) in [6, 6.07) is 17.6. The molecule has 4 heterocycles. The smallest absolute Gasteiger partial charge is 0.258 e. The third-order valence-electron chi connectivity index (χ3n) is 12.6. The zero-order chi connectivity index (χ0) is 47.1. The lowest BCUT2D eigenvalue weighted by Crippen LogP contribution is -2.59. The summed E-state index contributed by atoms with van der Waals surface area (Å²) in [6.07, 6.45) is 1.20. The Morgan fingerprint density at radius 3 is 2.26 bits per heavy atom. The Kier molecular flexibility index (Phi) is 15.4. The van der Waals surface area contributed by atoms with Gasteiger partial charge >= 0.3 is 0 Å². The monoisotopic (exact) mass is 923 g/mol. The molecule has 66 heavy (non-hydrogen) atoms. The van der Waals surface area contributed by atoms with Gasteiger partial charge in [-0.05, 0) is 91.7 Å². The first-order valence-electron chi connectivity index (χ1n) is 22.6. The Balaban J connectivity index is 0.828. The Morgan fingerprint density at radius 2 is 1.64 bits per heavy atom. The van der Waals surface area contributed by atoms with Crippen molar-refractivity contribution >= 4 is 58.0 Å². The largest absolute Gasteiger partial charge is 0.391 e. The number of piperidine rings is 1. The number of aliphatic hydroxyl groups excluding tert-OH is 1. The van der Waals surface area contributed by atoms with E-state index in [0.717, 1.165) is 92.1 Å². The first-order chi connectivity index (χ1) is 31.5. The molecule has 0 bridgehead atoms. The van der Waals surface area contributed by atoms with Crippen LogP contribution >= 0.6 is 11.3 Å². The van der Waals surface area contributed by atoms with E-state index >= 15 is 0 Å². The minimum Gasteiger partial charge on any atom is -0.391 e. The van der Waals surface area contributed by atoms with Crippen LogP contribution < -0.4 is 32.3 Å². The van der Waals surface area contributed by atoms with E-state index in [2.05, 4.69) is 40.6 Å². The molecule has 16 nitrogen and oxygen atoms in total. The number of aliphatic imine (C=N–C) groups is 1. The summed E-state index contributed by atoms with van der Waals surface area (Å²) in [5, 5.41) is 19.4. The number of aliphatic hydroxyl groups is 1. The van der Waals surface area contributed by atoms with Crippen molar-refractivity contribution in [3.8, 4) is 10.4 Å². The average molecular weight is 924 g/mol. The van der Waals surface area contributed by atoms with Gasteiger partial charge in [0.05, 0.1) is 40.0 Å².